The molecule has 0 fully saturated rings. The van der Waals surface area contributed by atoms with Crippen molar-refractivity contribution in [1.29, 1.82) is 0 Å². The summed E-state index contributed by atoms with van der Waals surface area (Å²) in [6.45, 7) is 5.02. The molecular weight excluding hydrogens is 216 g/mol. The summed E-state index contributed by atoms with van der Waals surface area (Å²) >= 11 is 0. The fourth-order valence-corrected chi connectivity index (χ4v) is 1.33. The van der Waals surface area contributed by atoms with E-state index in [-0.39, 0.29) is 5.91 Å². The van der Waals surface area contributed by atoms with Gasteiger partial charge in [0.2, 0.25) is 0 Å². The SMILES string of the molecule is CNc1ccc(C(=O)N(C)CCC(C)C)nn1. The van der Waals surface area contributed by atoms with Crippen LogP contribution in [0.4, 0.5) is 5.82 Å². The van der Waals surface area contributed by atoms with E-state index in [2.05, 4.69) is 29.4 Å². The van der Waals surface area contributed by atoms with Crippen LogP contribution in [0.5, 0.6) is 0 Å². The van der Waals surface area contributed by atoms with Crippen molar-refractivity contribution in [2.24, 2.45) is 5.92 Å². The van der Waals surface area contributed by atoms with Crippen LogP contribution < -0.4 is 5.32 Å². The fourth-order valence-electron chi connectivity index (χ4n) is 1.33. The van der Waals surface area contributed by atoms with Gasteiger partial charge in [-0.3, -0.25) is 4.79 Å². The minimum absolute atomic E-state index is 0.0826. The molecule has 1 N–H and O–H groups in total. The quantitative estimate of drug-likeness (QED) is 0.844. The van der Waals surface area contributed by atoms with Gasteiger partial charge in [-0.1, -0.05) is 13.8 Å². The first kappa shape index (κ1) is 13.4. The molecule has 0 radical (unpaired) electrons. The highest BCUT2D eigenvalue weighted by Gasteiger charge is 2.13. The molecule has 0 aromatic carbocycles. The highest BCUT2D eigenvalue weighted by atomic mass is 16.2. The van der Waals surface area contributed by atoms with Crippen molar-refractivity contribution in [2.45, 2.75) is 20.3 Å². The van der Waals surface area contributed by atoms with E-state index in [9.17, 15) is 4.79 Å². The van der Waals surface area contributed by atoms with Gasteiger partial charge in [0.15, 0.2) is 5.69 Å². The van der Waals surface area contributed by atoms with E-state index in [0.717, 1.165) is 13.0 Å². The van der Waals surface area contributed by atoms with Crippen LogP contribution in [0, 0.1) is 5.92 Å². The molecule has 0 bridgehead atoms. The summed E-state index contributed by atoms with van der Waals surface area (Å²) in [6.07, 6.45) is 0.990. The van der Waals surface area contributed by atoms with Crippen LogP contribution in [-0.4, -0.2) is 41.6 Å². The van der Waals surface area contributed by atoms with Crippen LogP contribution in [0.15, 0.2) is 12.1 Å². The smallest absolute Gasteiger partial charge is 0.274 e. The molecule has 0 atom stereocenters. The van der Waals surface area contributed by atoms with Crippen molar-refractivity contribution < 1.29 is 4.79 Å². The summed E-state index contributed by atoms with van der Waals surface area (Å²) < 4.78 is 0. The lowest BCUT2D eigenvalue weighted by atomic mass is 10.1. The molecule has 0 aliphatic rings. The summed E-state index contributed by atoms with van der Waals surface area (Å²) in [4.78, 5) is 13.6. The number of aromatic nitrogens is 2. The predicted molar refractivity (Wildman–Crippen MR) is 68.0 cm³/mol. The zero-order valence-electron chi connectivity index (χ0n) is 10.9. The van der Waals surface area contributed by atoms with Crippen LogP contribution >= 0.6 is 0 Å². The average Bonchev–Trinajstić information content (AvgIpc) is 2.35. The van der Waals surface area contributed by atoms with E-state index in [4.69, 9.17) is 0 Å². The van der Waals surface area contributed by atoms with Crippen molar-refractivity contribution in [3.05, 3.63) is 17.8 Å². The molecule has 1 rings (SSSR count). The Hall–Kier alpha value is -1.65. The van der Waals surface area contributed by atoms with Gasteiger partial charge in [0.25, 0.3) is 5.91 Å². The van der Waals surface area contributed by atoms with Crippen molar-refractivity contribution in [3.8, 4) is 0 Å². The zero-order valence-corrected chi connectivity index (χ0v) is 10.9. The Kier molecular flexibility index (Phi) is 4.87. The number of nitrogens with zero attached hydrogens (tertiary/aromatic N) is 3. The molecule has 0 aliphatic carbocycles. The molecular formula is C12H20N4O. The number of carbonyl (C=O) groups excluding carboxylic acids is 1. The van der Waals surface area contributed by atoms with Gasteiger partial charge < -0.3 is 10.2 Å². The average molecular weight is 236 g/mol. The lowest BCUT2D eigenvalue weighted by molar-refractivity contribution is 0.0782. The molecule has 5 nitrogen and oxygen atoms in total. The molecule has 1 heterocycles. The predicted octanol–water partition coefficient (Wildman–Crippen LogP) is 1.64. The van der Waals surface area contributed by atoms with Crippen LogP contribution in [0.2, 0.25) is 0 Å². The lowest BCUT2D eigenvalue weighted by Crippen LogP contribution is -2.29. The van der Waals surface area contributed by atoms with Crippen LogP contribution in [-0.2, 0) is 0 Å². The van der Waals surface area contributed by atoms with Gasteiger partial charge in [0.1, 0.15) is 5.82 Å². The molecule has 0 spiro atoms. The Labute approximate surface area is 102 Å². The zero-order chi connectivity index (χ0) is 12.8. The molecule has 0 unspecified atom stereocenters. The second-order valence-corrected chi connectivity index (χ2v) is 4.46. The third-order valence-electron chi connectivity index (χ3n) is 2.53. The topological polar surface area (TPSA) is 58.1 Å². The lowest BCUT2D eigenvalue weighted by Gasteiger charge is -2.17. The Bertz CT molecular complexity index is 361. The Morgan fingerprint density at radius 3 is 2.59 bits per heavy atom. The van der Waals surface area contributed by atoms with Crippen molar-refractivity contribution in [3.63, 3.8) is 0 Å². The number of hydrogen-bond acceptors (Lipinski definition) is 4. The van der Waals surface area contributed by atoms with E-state index in [0.29, 0.717) is 17.4 Å². The van der Waals surface area contributed by atoms with Crippen molar-refractivity contribution >= 4 is 11.7 Å². The van der Waals surface area contributed by atoms with E-state index in [1.165, 1.54) is 0 Å². The Balaban J connectivity index is 2.61. The second-order valence-electron chi connectivity index (χ2n) is 4.46. The third-order valence-corrected chi connectivity index (χ3v) is 2.53. The summed E-state index contributed by atoms with van der Waals surface area (Å²) in [7, 11) is 3.55. The van der Waals surface area contributed by atoms with Gasteiger partial charge in [-0.25, -0.2) is 0 Å². The number of hydrogen-bond donors (Lipinski definition) is 1. The summed E-state index contributed by atoms with van der Waals surface area (Å²) in [5, 5.41) is 10.6. The number of nitrogens with one attached hydrogen (secondary N) is 1. The summed E-state index contributed by atoms with van der Waals surface area (Å²) in [6, 6.07) is 3.43. The number of rotatable bonds is 5. The maximum Gasteiger partial charge on any atom is 0.274 e. The molecule has 1 aromatic heterocycles. The first-order chi connectivity index (χ1) is 8.04. The third kappa shape index (κ3) is 4.01. The number of anilines is 1. The normalized spacial score (nSPS) is 10.4. The molecule has 94 valence electrons. The summed E-state index contributed by atoms with van der Waals surface area (Å²) in [5.74, 6) is 1.16. The van der Waals surface area contributed by atoms with Crippen LogP contribution in [0.3, 0.4) is 0 Å². The van der Waals surface area contributed by atoms with Gasteiger partial charge in [0, 0.05) is 20.6 Å². The highest BCUT2D eigenvalue weighted by Crippen LogP contribution is 2.06. The fraction of sp³-hybridized carbons (Fsp3) is 0.583. The van der Waals surface area contributed by atoms with Crippen LogP contribution in [0.1, 0.15) is 30.8 Å². The molecule has 1 aromatic rings. The molecule has 1 amide bonds. The largest absolute Gasteiger partial charge is 0.372 e. The molecule has 0 saturated heterocycles. The van der Waals surface area contributed by atoms with Gasteiger partial charge in [-0.15, -0.1) is 10.2 Å². The van der Waals surface area contributed by atoms with Gasteiger partial charge in [0.05, 0.1) is 0 Å². The number of carbonyl (C=O) groups is 1. The Morgan fingerprint density at radius 2 is 2.12 bits per heavy atom. The molecule has 0 aliphatic heterocycles. The number of amides is 1. The van der Waals surface area contributed by atoms with Gasteiger partial charge in [-0.05, 0) is 24.5 Å². The molecule has 5 heteroatoms. The maximum absolute atomic E-state index is 12.0. The van der Waals surface area contributed by atoms with E-state index in [1.54, 1.807) is 31.1 Å². The summed E-state index contributed by atoms with van der Waals surface area (Å²) in [5.41, 5.74) is 0.384. The first-order valence-electron chi connectivity index (χ1n) is 5.81. The molecule has 0 saturated carbocycles. The minimum Gasteiger partial charge on any atom is -0.372 e. The van der Waals surface area contributed by atoms with Crippen LogP contribution in [0.25, 0.3) is 0 Å². The van der Waals surface area contributed by atoms with Crippen molar-refractivity contribution in [1.82, 2.24) is 15.1 Å². The first-order valence-corrected chi connectivity index (χ1v) is 5.81. The Morgan fingerprint density at radius 1 is 1.41 bits per heavy atom. The monoisotopic (exact) mass is 236 g/mol. The second kappa shape index (κ2) is 6.18. The van der Waals surface area contributed by atoms with E-state index in [1.807, 2.05) is 0 Å². The van der Waals surface area contributed by atoms with E-state index < -0.39 is 0 Å². The molecule has 17 heavy (non-hydrogen) atoms. The standard InChI is InChI=1S/C12H20N4O/c1-9(2)7-8-16(4)12(17)10-5-6-11(13-3)15-14-10/h5-6,9H,7-8H2,1-4H3,(H,13,15). The van der Waals surface area contributed by atoms with Crippen molar-refractivity contribution in [2.75, 3.05) is 26.0 Å². The van der Waals surface area contributed by atoms with E-state index >= 15 is 0 Å². The van der Waals surface area contributed by atoms with Gasteiger partial charge in [-0.2, -0.15) is 0 Å². The van der Waals surface area contributed by atoms with Gasteiger partial charge >= 0.3 is 0 Å². The maximum atomic E-state index is 12.0. The highest BCUT2D eigenvalue weighted by molar-refractivity contribution is 5.92. The minimum atomic E-state index is -0.0826.